The summed E-state index contributed by atoms with van der Waals surface area (Å²) in [6, 6.07) is 5.61. The first-order chi connectivity index (χ1) is 9.93. The second-order valence-electron chi connectivity index (χ2n) is 7.49. The van der Waals surface area contributed by atoms with Gasteiger partial charge in [0.25, 0.3) is 0 Å². The van der Waals surface area contributed by atoms with Crippen molar-refractivity contribution in [2.24, 2.45) is 0 Å². The summed E-state index contributed by atoms with van der Waals surface area (Å²) >= 11 is 12.5. The molecule has 0 aliphatic carbocycles. The zero-order valence-corrected chi connectivity index (χ0v) is 18.2. The van der Waals surface area contributed by atoms with Crippen LogP contribution < -0.4 is 0 Å². The molecule has 0 aliphatic rings. The Morgan fingerprint density at radius 1 is 0.955 bits per heavy atom. The smallest absolute Gasteiger partial charge is 0.184 e. The summed E-state index contributed by atoms with van der Waals surface area (Å²) in [6.45, 7) is 15.3. The Morgan fingerprint density at radius 2 is 1.50 bits per heavy atom. The predicted molar refractivity (Wildman–Crippen MR) is 102 cm³/mol. The fourth-order valence-corrected chi connectivity index (χ4v) is 5.02. The molecule has 1 aromatic carbocycles. The molecule has 2 unspecified atom stereocenters. The Balaban J connectivity index is 3.21. The largest absolute Gasteiger partial charge is 0.412 e. The quantitative estimate of drug-likeness (QED) is 0.502. The molecule has 0 heterocycles. The average Bonchev–Trinajstić information content (AvgIpc) is 2.31. The second-order valence-corrected chi connectivity index (χ2v) is 17.3. The van der Waals surface area contributed by atoms with Crippen molar-refractivity contribution < 1.29 is 8.85 Å². The van der Waals surface area contributed by atoms with Crippen LogP contribution in [0.1, 0.15) is 25.0 Å². The normalized spacial score (nSPS) is 15.7. The summed E-state index contributed by atoms with van der Waals surface area (Å²) in [5.74, 6) is 0. The molecule has 2 atom stereocenters. The van der Waals surface area contributed by atoms with Gasteiger partial charge in [-0.05, 0) is 57.8 Å². The van der Waals surface area contributed by atoms with E-state index in [4.69, 9.17) is 32.1 Å². The van der Waals surface area contributed by atoms with E-state index in [1.807, 2.05) is 12.1 Å². The molecule has 0 aromatic heterocycles. The van der Waals surface area contributed by atoms with E-state index in [0.717, 1.165) is 12.0 Å². The first-order valence-electron chi connectivity index (χ1n) is 7.73. The molecule has 2 nitrogen and oxygen atoms in total. The number of halogens is 2. The van der Waals surface area contributed by atoms with Crippen LogP contribution in [0.4, 0.5) is 0 Å². The third kappa shape index (κ3) is 6.73. The van der Waals surface area contributed by atoms with Crippen molar-refractivity contribution in [1.29, 1.82) is 0 Å². The lowest BCUT2D eigenvalue weighted by atomic mass is 10.0. The van der Waals surface area contributed by atoms with E-state index in [-0.39, 0.29) is 12.2 Å². The van der Waals surface area contributed by atoms with Crippen molar-refractivity contribution in [3.63, 3.8) is 0 Å². The molecule has 126 valence electrons. The van der Waals surface area contributed by atoms with E-state index in [1.165, 1.54) is 0 Å². The summed E-state index contributed by atoms with van der Waals surface area (Å²) < 4.78 is 12.8. The van der Waals surface area contributed by atoms with Crippen molar-refractivity contribution in [2.45, 2.75) is 64.8 Å². The van der Waals surface area contributed by atoms with Gasteiger partial charge in [-0.3, -0.25) is 0 Å². The zero-order valence-electron chi connectivity index (χ0n) is 14.7. The number of benzene rings is 1. The summed E-state index contributed by atoms with van der Waals surface area (Å²) in [6.07, 6.45) is 0.753. The maximum atomic E-state index is 6.45. The number of hydrogen-bond acceptors (Lipinski definition) is 2. The van der Waals surface area contributed by atoms with Gasteiger partial charge in [0.2, 0.25) is 0 Å². The van der Waals surface area contributed by atoms with Gasteiger partial charge < -0.3 is 8.85 Å². The van der Waals surface area contributed by atoms with Crippen molar-refractivity contribution in [3.05, 3.63) is 33.8 Å². The zero-order chi connectivity index (χ0) is 17.1. The lowest BCUT2D eigenvalue weighted by Gasteiger charge is -2.36. The van der Waals surface area contributed by atoms with Crippen LogP contribution in [0.5, 0.6) is 0 Å². The van der Waals surface area contributed by atoms with Gasteiger partial charge in [-0.1, -0.05) is 36.2 Å². The van der Waals surface area contributed by atoms with Crippen molar-refractivity contribution in [3.8, 4) is 0 Å². The van der Waals surface area contributed by atoms with Crippen LogP contribution in [0.3, 0.4) is 0 Å². The molecule has 0 amide bonds. The van der Waals surface area contributed by atoms with E-state index in [1.54, 1.807) is 6.07 Å². The Morgan fingerprint density at radius 3 is 1.91 bits per heavy atom. The van der Waals surface area contributed by atoms with Gasteiger partial charge in [0.15, 0.2) is 16.6 Å². The summed E-state index contributed by atoms with van der Waals surface area (Å²) in [4.78, 5) is 0. The number of rotatable bonds is 7. The molecule has 6 heteroatoms. The van der Waals surface area contributed by atoms with Gasteiger partial charge in [0.05, 0.1) is 12.2 Å². The van der Waals surface area contributed by atoms with E-state index in [9.17, 15) is 0 Å². The van der Waals surface area contributed by atoms with Crippen LogP contribution in [-0.4, -0.2) is 22.7 Å². The molecule has 1 rings (SSSR count). The highest BCUT2D eigenvalue weighted by Crippen LogP contribution is 2.36. The minimum absolute atomic E-state index is 0.0112. The molecule has 0 bridgehead atoms. The minimum Gasteiger partial charge on any atom is -0.412 e. The van der Waals surface area contributed by atoms with Crippen LogP contribution in [-0.2, 0) is 8.85 Å². The van der Waals surface area contributed by atoms with Gasteiger partial charge in [-0.2, -0.15) is 0 Å². The fraction of sp³-hybridized carbons (Fsp3) is 0.625. The lowest BCUT2D eigenvalue weighted by molar-refractivity contribution is 0.0407. The minimum atomic E-state index is -1.75. The standard InChI is InChI=1S/C16H28Cl2O2Si2/c1-8-15(19-21(2,3)4)16(20-22(5,6)7)13-10-9-12(17)11-14(13)18/h9-11,15-16H,8H2,1-7H3. The summed E-state index contributed by atoms with van der Waals surface area (Å²) in [5.41, 5.74) is 0.971. The van der Waals surface area contributed by atoms with E-state index >= 15 is 0 Å². The summed E-state index contributed by atoms with van der Waals surface area (Å²) in [7, 11) is -3.42. The van der Waals surface area contributed by atoms with Gasteiger partial charge in [0.1, 0.15) is 0 Å². The molecule has 22 heavy (non-hydrogen) atoms. The van der Waals surface area contributed by atoms with E-state index in [2.05, 4.69) is 46.2 Å². The molecule has 1 aromatic rings. The third-order valence-electron chi connectivity index (χ3n) is 2.99. The Hall–Kier alpha value is 0.154. The fourth-order valence-electron chi connectivity index (χ4n) is 2.27. The van der Waals surface area contributed by atoms with E-state index < -0.39 is 16.6 Å². The van der Waals surface area contributed by atoms with Crippen molar-refractivity contribution in [1.82, 2.24) is 0 Å². The topological polar surface area (TPSA) is 18.5 Å². The van der Waals surface area contributed by atoms with Crippen LogP contribution >= 0.6 is 23.2 Å². The van der Waals surface area contributed by atoms with Crippen LogP contribution in [0, 0.1) is 0 Å². The highest BCUT2D eigenvalue weighted by atomic mass is 35.5. The predicted octanol–water partition coefficient (Wildman–Crippen LogP) is 6.52. The Labute approximate surface area is 147 Å². The molecule has 0 spiro atoms. The molecule has 0 fully saturated rings. The van der Waals surface area contributed by atoms with E-state index in [0.29, 0.717) is 10.0 Å². The molecular weight excluding hydrogens is 351 g/mol. The molecule has 0 saturated carbocycles. The SMILES string of the molecule is CCC(O[Si](C)(C)C)C(O[Si](C)(C)C)c1ccc(Cl)cc1Cl. The Bertz CT molecular complexity index is 496. The van der Waals surface area contributed by atoms with Crippen LogP contribution in [0.15, 0.2) is 18.2 Å². The molecule has 0 N–H and O–H groups in total. The molecule has 0 aliphatic heterocycles. The first-order valence-corrected chi connectivity index (χ1v) is 15.3. The highest BCUT2D eigenvalue weighted by Gasteiger charge is 2.33. The first kappa shape index (κ1) is 20.2. The summed E-state index contributed by atoms with van der Waals surface area (Å²) in [5, 5.41) is 1.29. The number of hydrogen-bond donors (Lipinski definition) is 0. The van der Waals surface area contributed by atoms with Crippen molar-refractivity contribution in [2.75, 3.05) is 0 Å². The van der Waals surface area contributed by atoms with Gasteiger partial charge >= 0.3 is 0 Å². The highest BCUT2D eigenvalue weighted by molar-refractivity contribution is 6.70. The van der Waals surface area contributed by atoms with Crippen LogP contribution in [0.25, 0.3) is 0 Å². The lowest BCUT2D eigenvalue weighted by Crippen LogP contribution is -2.40. The van der Waals surface area contributed by atoms with Crippen molar-refractivity contribution >= 4 is 39.8 Å². The van der Waals surface area contributed by atoms with Crippen LogP contribution in [0.2, 0.25) is 49.3 Å². The monoisotopic (exact) mass is 378 g/mol. The maximum absolute atomic E-state index is 6.45. The third-order valence-corrected chi connectivity index (χ3v) is 5.53. The van der Waals surface area contributed by atoms with Gasteiger partial charge in [0, 0.05) is 15.6 Å². The molecule has 0 saturated heterocycles. The van der Waals surface area contributed by atoms with Gasteiger partial charge in [-0.25, -0.2) is 0 Å². The van der Waals surface area contributed by atoms with Gasteiger partial charge in [-0.15, -0.1) is 0 Å². The molecule has 0 radical (unpaired) electrons. The second kappa shape index (κ2) is 7.82. The maximum Gasteiger partial charge on any atom is 0.184 e. The average molecular weight is 379 g/mol. The Kier molecular flexibility index (Phi) is 7.18. The molecular formula is C16H28Cl2O2Si2.